The second kappa shape index (κ2) is 7.47. The van der Waals surface area contributed by atoms with Crippen LogP contribution in [-0.4, -0.2) is 31.0 Å². The van der Waals surface area contributed by atoms with Gasteiger partial charge in [-0.1, -0.05) is 13.3 Å². The number of nitrogens with one attached hydrogen (secondary N) is 1. The molecule has 1 aromatic carbocycles. The first-order valence-corrected chi connectivity index (χ1v) is 7.08. The molecule has 1 heterocycles. The van der Waals surface area contributed by atoms with E-state index in [0.717, 1.165) is 36.5 Å². The number of hydrogen-bond donors (Lipinski definition) is 1. The Hall–Kier alpha value is -2.30. The van der Waals surface area contributed by atoms with Crippen molar-refractivity contribution >= 4 is 5.82 Å². The molecule has 1 aromatic heterocycles. The van der Waals surface area contributed by atoms with Crippen molar-refractivity contribution < 1.29 is 9.47 Å². The van der Waals surface area contributed by atoms with Crippen LogP contribution in [0.4, 0.5) is 5.82 Å². The number of unbranched alkanes of at least 4 members (excludes halogenated alkanes) is 1. The van der Waals surface area contributed by atoms with Gasteiger partial charge >= 0.3 is 0 Å². The summed E-state index contributed by atoms with van der Waals surface area (Å²) in [5.41, 5.74) is 1.75. The van der Waals surface area contributed by atoms with E-state index in [9.17, 15) is 0 Å². The molecule has 0 atom stereocenters. The number of hydrogen-bond acceptors (Lipinski definition) is 5. The van der Waals surface area contributed by atoms with Gasteiger partial charge in [-0.3, -0.25) is 0 Å². The van der Waals surface area contributed by atoms with E-state index in [0.29, 0.717) is 11.5 Å². The minimum atomic E-state index is 0.682. The van der Waals surface area contributed by atoms with Gasteiger partial charge in [-0.05, 0) is 36.8 Å². The molecule has 5 heteroatoms. The molecule has 5 nitrogen and oxygen atoms in total. The molecule has 0 aliphatic carbocycles. The predicted octanol–water partition coefficient (Wildman–Crippen LogP) is 3.37. The van der Waals surface area contributed by atoms with Crippen molar-refractivity contribution in [2.75, 3.05) is 26.1 Å². The van der Waals surface area contributed by atoms with Gasteiger partial charge in [0.15, 0.2) is 11.5 Å². The SMILES string of the molecule is CCCCNc1ccc(-c2ccc(OC)c(OC)c2)nn1. The lowest BCUT2D eigenvalue weighted by molar-refractivity contribution is 0.355. The van der Waals surface area contributed by atoms with Crippen molar-refractivity contribution in [2.24, 2.45) is 0 Å². The van der Waals surface area contributed by atoms with Gasteiger partial charge in [0.25, 0.3) is 0 Å². The van der Waals surface area contributed by atoms with Crippen LogP contribution in [0.5, 0.6) is 11.5 Å². The van der Waals surface area contributed by atoms with Gasteiger partial charge in [-0.25, -0.2) is 0 Å². The molecule has 0 spiro atoms. The minimum Gasteiger partial charge on any atom is -0.493 e. The van der Waals surface area contributed by atoms with Crippen LogP contribution in [0.15, 0.2) is 30.3 Å². The Bertz CT molecular complexity index is 570. The Morgan fingerprint density at radius 2 is 1.81 bits per heavy atom. The summed E-state index contributed by atoms with van der Waals surface area (Å²) in [6.45, 7) is 3.08. The normalized spacial score (nSPS) is 10.2. The third-order valence-electron chi connectivity index (χ3n) is 3.18. The average molecular weight is 287 g/mol. The standard InChI is InChI=1S/C16H21N3O2/c1-4-5-10-17-16-9-7-13(18-19-16)12-6-8-14(20-2)15(11-12)21-3/h6-9,11H,4-5,10H2,1-3H3,(H,17,19). The van der Waals surface area contributed by atoms with E-state index >= 15 is 0 Å². The summed E-state index contributed by atoms with van der Waals surface area (Å²) in [6.07, 6.45) is 2.28. The molecule has 0 aliphatic heterocycles. The molecule has 2 rings (SSSR count). The van der Waals surface area contributed by atoms with Gasteiger partial charge in [-0.2, -0.15) is 0 Å². The molecule has 1 N–H and O–H groups in total. The van der Waals surface area contributed by atoms with Gasteiger partial charge in [0.2, 0.25) is 0 Å². The van der Waals surface area contributed by atoms with Gasteiger partial charge in [0.1, 0.15) is 5.82 Å². The van der Waals surface area contributed by atoms with Crippen LogP contribution in [0.25, 0.3) is 11.3 Å². The molecular formula is C16H21N3O2. The van der Waals surface area contributed by atoms with Crippen LogP contribution in [0.2, 0.25) is 0 Å². The van der Waals surface area contributed by atoms with Crippen molar-refractivity contribution in [1.82, 2.24) is 10.2 Å². The van der Waals surface area contributed by atoms with Crippen LogP contribution in [0, 0.1) is 0 Å². The average Bonchev–Trinajstić information content (AvgIpc) is 2.55. The molecule has 21 heavy (non-hydrogen) atoms. The van der Waals surface area contributed by atoms with E-state index in [1.165, 1.54) is 0 Å². The number of anilines is 1. The lowest BCUT2D eigenvalue weighted by Crippen LogP contribution is -2.03. The molecule has 0 aliphatic rings. The van der Waals surface area contributed by atoms with Crippen LogP contribution in [0.3, 0.4) is 0 Å². The van der Waals surface area contributed by atoms with Crippen LogP contribution in [0.1, 0.15) is 19.8 Å². The molecule has 112 valence electrons. The predicted molar refractivity (Wildman–Crippen MR) is 84.0 cm³/mol. The third kappa shape index (κ3) is 3.84. The molecule has 0 unspecified atom stereocenters. The molecule has 0 saturated carbocycles. The number of benzene rings is 1. The Morgan fingerprint density at radius 3 is 2.43 bits per heavy atom. The maximum Gasteiger partial charge on any atom is 0.161 e. The fourth-order valence-electron chi connectivity index (χ4n) is 1.97. The quantitative estimate of drug-likeness (QED) is 0.791. The molecule has 0 saturated heterocycles. The van der Waals surface area contributed by atoms with E-state index in [4.69, 9.17) is 9.47 Å². The Balaban J connectivity index is 2.14. The largest absolute Gasteiger partial charge is 0.493 e. The topological polar surface area (TPSA) is 56.3 Å². The lowest BCUT2D eigenvalue weighted by Gasteiger charge is -2.09. The Labute approximate surface area is 125 Å². The summed E-state index contributed by atoms with van der Waals surface area (Å²) in [7, 11) is 3.24. The number of aromatic nitrogens is 2. The summed E-state index contributed by atoms with van der Waals surface area (Å²) >= 11 is 0. The highest BCUT2D eigenvalue weighted by Crippen LogP contribution is 2.31. The number of rotatable bonds is 7. The monoisotopic (exact) mass is 287 g/mol. The van der Waals surface area contributed by atoms with E-state index < -0.39 is 0 Å². The van der Waals surface area contributed by atoms with Crippen molar-refractivity contribution in [1.29, 1.82) is 0 Å². The first-order chi connectivity index (χ1) is 10.3. The third-order valence-corrected chi connectivity index (χ3v) is 3.18. The summed E-state index contributed by atoms with van der Waals surface area (Å²) in [5.74, 6) is 2.18. The van der Waals surface area contributed by atoms with Crippen molar-refractivity contribution in [2.45, 2.75) is 19.8 Å². The molecular weight excluding hydrogens is 266 g/mol. The maximum absolute atomic E-state index is 5.30. The minimum absolute atomic E-state index is 0.682. The number of ether oxygens (including phenoxy) is 2. The highest BCUT2D eigenvalue weighted by atomic mass is 16.5. The zero-order chi connectivity index (χ0) is 15.1. The van der Waals surface area contributed by atoms with E-state index in [-0.39, 0.29) is 0 Å². The second-order valence-corrected chi connectivity index (χ2v) is 4.65. The lowest BCUT2D eigenvalue weighted by atomic mass is 10.1. The van der Waals surface area contributed by atoms with Crippen LogP contribution >= 0.6 is 0 Å². The molecule has 0 radical (unpaired) electrons. The molecule has 0 fully saturated rings. The van der Waals surface area contributed by atoms with Crippen LogP contribution in [-0.2, 0) is 0 Å². The van der Waals surface area contributed by atoms with Gasteiger partial charge in [-0.15, -0.1) is 10.2 Å². The smallest absolute Gasteiger partial charge is 0.161 e. The highest BCUT2D eigenvalue weighted by Gasteiger charge is 2.07. The Kier molecular flexibility index (Phi) is 5.37. The fourth-order valence-corrected chi connectivity index (χ4v) is 1.97. The maximum atomic E-state index is 5.30. The van der Waals surface area contributed by atoms with E-state index in [1.807, 2.05) is 30.3 Å². The number of nitrogens with zero attached hydrogens (tertiary/aromatic N) is 2. The van der Waals surface area contributed by atoms with E-state index in [1.54, 1.807) is 14.2 Å². The van der Waals surface area contributed by atoms with Crippen LogP contribution < -0.4 is 14.8 Å². The van der Waals surface area contributed by atoms with Gasteiger partial charge in [0, 0.05) is 12.1 Å². The first-order valence-electron chi connectivity index (χ1n) is 7.08. The summed E-state index contributed by atoms with van der Waals surface area (Å²) in [6, 6.07) is 9.59. The molecule has 0 bridgehead atoms. The zero-order valence-corrected chi connectivity index (χ0v) is 12.7. The zero-order valence-electron chi connectivity index (χ0n) is 12.7. The molecule has 2 aromatic rings. The highest BCUT2D eigenvalue weighted by molar-refractivity contribution is 5.64. The molecule has 0 amide bonds. The summed E-state index contributed by atoms with van der Waals surface area (Å²) in [5, 5.41) is 11.7. The summed E-state index contributed by atoms with van der Waals surface area (Å²) < 4.78 is 10.5. The van der Waals surface area contributed by atoms with Gasteiger partial charge < -0.3 is 14.8 Å². The first kappa shape index (κ1) is 15.1. The van der Waals surface area contributed by atoms with E-state index in [2.05, 4.69) is 22.4 Å². The number of methoxy groups -OCH3 is 2. The van der Waals surface area contributed by atoms with Gasteiger partial charge in [0.05, 0.1) is 19.9 Å². The second-order valence-electron chi connectivity index (χ2n) is 4.65. The van der Waals surface area contributed by atoms with Crippen molar-refractivity contribution in [3.8, 4) is 22.8 Å². The summed E-state index contributed by atoms with van der Waals surface area (Å²) in [4.78, 5) is 0. The van der Waals surface area contributed by atoms with Crippen molar-refractivity contribution in [3.63, 3.8) is 0 Å². The fraction of sp³-hybridized carbons (Fsp3) is 0.375. The van der Waals surface area contributed by atoms with Crippen molar-refractivity contribution in [3.05, 3.63) is 30.3 Å². The Morgan fingerprint density at radius 1 is 1.00 bits per heavy atom.